The molecule has 0 radical (unpaired) electrons. The monoisotopic (exact) mass is 346 g/mol. The average molecular weight is 347 g/mol. The predicted octanol–water partition coefficient (Wildman–Crippen LogP) is 4.61. The first-order valence-electron chi connectivity index (χ1n) is 7.02. The van der Waals surface area contributed by atoms with Gasteiger partial charge in [0.25, 0.3) is 0 Å². The van der Waals surface area contributed by atoms with Crippen molar-refractivity contribution in [1.82, 2.24) is 4.98 Å². The van der Waals surface area contributed by atoms with E-state index in [1.54, 1.807) is 6.20 Å². The summed E-state index contributed by atoms with van der Waals surface area (Å²) in [6.45, 7) is 4.29. The van der Waals surface area contributed by atoms with Crippen LogP contribution in [0, 0.1) is 5.92 Å². The van der Waals surface area contributed by atoms with Gasteiger partial charge in [0.2, 0.25) is 5.91 Å². The van der Waals surface area contributed by atoms with Crippen molar-refractivity contribution in [1.29, 1.82) is 0 Å². The Hall–Kier alpha value is -1.68. The van der Waals surface area contributed by atoms with E-state index in [1.807, 2.05) is 30.3 Å². The lowest BCUT2D eigenvalue weighted by Gasteiger charge is -2.21. The first kappa shape index (κ1) is 15.7. The second-order valence-electron chi connectivity index (χ2n) is 5.38. The molecule has 0 saturated carbocycles. The zero-order valence-corrected chi connectivity index (χ0v) is 13.8. The summed E-state index contributed by atoms with van der Waals surface area (Å²) in [5.74, 6) is 0.637. The summed E-state index contributed by atoms with van der Waals surface area (Å²) in [6, 6.07) is 13.8. The molecule has 0 aliphatic carbocycles. The Kier molecular flexibility index (Phi) is 5.51. The van der Waals surface area contributed by atoms with Gasteiger partial charge in [0.15, 0.2) is 0 Å². The number of aromatic nitrogens is 1. The highest BCUT2D eigenvalue weighted by Gasteiger charge is 2.19. The molecule has 1 aromatic carbocycles. The van der Waals surface area contributed by atoms with Crippen molar-refractivity contribution in [3.05, 3.63) is 58.8 Å². The van der Waals surface area contributed by atoms with Crippen molar-refractivity contribution in [2.24, 2.45) is 5.92 Å². The zero-order valence-electron chi connectivity index (χ0n) is 12.2. The molecule has 3 nitrogen and oxygen atoms in total. The Morgan fingerprint density at radius 3 is 2.48 bits per heavy atom. The fourth-order valence-electron chi connectivity index (χ4n) is 2.30. The van der Waals surface area contributed by atoms with E-state index in [-0.39, 0.29) is 11.8 Å². The van der Waals surface area contributed by atoms with Crippen molar-refractivity contribution in [3.63, 3.8) is 0 Å². The van der Waals surface area contributed by atoms with Gasteiger partial charge in [0.05, 0.1) is 11.9 Å². The minimum Gasteiger partial charge on any atom is -0.325 e. The summed E-state index contributed by atoms with van der Waals surface area (Å²) in [5.41, 5.74) is 1.93. The van der Waals surface area contributed by atoms with Crippen molar-refractivity contribution >= 4 is 27.5 Å². The molecule has 1 heterocycles. The average Bonchev–Trinajstić information content (AvgIpc) is 2.48. The van der Waals surface area contributed by atoms with Gasteiger partial charge in [-0.1, -0.05) is 44.2 Å². The molecule has 2 aromatic rings. The third kappa shape index (κ3) is 4.67. The summed E-state index contributed by atoms with van der Waals surface area (Å²) in [4.78, 5) is 16.3. The minimum atomic E-state index is 0.0154. The van der Waals surface area contributed by atoms with Crippen LogP contribution in [0.15, 0.2) is 53.3 Å². The number of carbonyl (C=O) groups excluding carboxylic acids is 1. The highest BCUT2D eigenvalue weighted by atomic mass is 79.9. The fourth-order valence-corrected chi connectivity index (χ4v) is 2.53. The fraction of sp³-hybridized carbons (Fsp3) is 0.294. The van der Waals surface area contributed by atoms with E-state index in [9.17, 15) is 4.79 Å². The number of halogens is 1. The van der Waals surface area contributed by atoms with E-state index in [1.165, 1.54) is 5.56 Å². The molecule has 1 atom stereocenters. The normalized spacial score (nSPS) is 12.2. The van der Waals surface area contributed by atoms with Crippen LogP contribution in [0.4, 0.5) is 5.69 Å². The molecule has 4 heteroatoms. The van der Waals surface area contributed by atoms with E-state index < -0.39 is 0 Å². The van der Waals surface area contributed by atoms with Crippen LogP contribution in [0.1, 0.15) is 31.7 Å². The van der Waals surface area contributed by atoms with Crippen LogP contribution in [-0.4, -0.2) is 10.9 Å². The predicted molar refractivity (Wildman–Crippen MR) is 89.2 cm³/mol. The second-order valence-corrected chi connectivity index (χ2v) is 6.20. The van der Waals surface area contributed by atoms with Gasteiger partial charge in [0.1, 0.15) is 4.60 Å². The SMILES string of the molecule is CC(C)C(CC(=O)Nc1ccc(Br)nc1)c1ccccc1. The number of amides is 1. The lowest BCUT2D eigenvalue weighted by Crippen LogP contribution is -2.18. The topological polar surface area (TPSA) is 42.0 Å². The molecule has 1 aromatic heterocycles. The van der Waals surface area contributed by atoms with Crippen LogP contribution >= 0.6 is 15.9 Å². The quantitative estimate of drug-likeness (QED) is 0.803. The molecular formula is C17H19BrN2O. The molecule has 2 rings (SSSR count). The Labute approximate surface area is 133 Å². The molecule has 0 saturated heterocycles. The van der Waals surface area contributed by atoms with Gasteiger partial charge in [-0.15, -0.1) is 0 Å². The number of hydrogen-bond donors (Lipinski definition) is 1. The van der Waals surface area contributed by atoms with Gasteiger partial charge in [-0.25, -0.2) is 4.98 Å². The zero-order chi connectivity index (χ0) is 15.2. The highest BCUT2D eigenvalue weighted by Crippen LogP contribution is 2.28. The third-order valence-electron chi connectivity index (χ3n) is 3.45. The maximum atomic E-state index is 12.2. The van der Waals surface area contributed by atoms with E-state index in [0.29, 0.717) is 12.3 Å². The number of anilines is 1. The van der Waals surface area contributed by atoms with Gasteiger partial charge < -0.3 is 5.32 Å². The van der Waals surface area contributed by atoms with Crippen molar-refractivity contribution < 1.29 is 4.79 Å². The van der Waals surface area contributed by atoms with Crippen LogP contribution < -0.4 is 5.32 Å². The summed E-state index contributed by atoms with van der Waals surface area (Å²) >= 11 is 3.28. The van der Waals surface area contributed by atoms with Crippen molar-refractivity contribution in [2.75, 3.05) is 5.32 Å². The van der Waals surface area contributed by atoms with Crippen molar-refractivity contribution in [3.8, 4) is 0 Å². The smallest absolute Gasteiger partial charge is 0.225 e. The van der Waals surface area contributed by atoms with Crippen LogP contribution in [-0.2, 0) is 4.79 Å². The van der Waals surface area contributed by atoms with E-state index >= 15 is 0 Å². The number of nitrogens with zero attached hydrogens (tertiary/aromatic N) is 1. The molecule has 110 valence electrons. The standard InChI is InChI=1S/C17H19BrN2O/c1-12(2)15(13-6-4-3-5-7-13)10-17(21)20-14-8-9-16(18)19-11-14/h3-9,11-12,15H,10H2,1-2H3,(H,20,21). The summed E-state index contributed by atoms with van der Waals surface area (Å²) in [6.07, 6.45) is 2.12. The Morgan fingerprint density at radius 2 is 1.90 bits per heavy atom. The largest absolute Gasteiger partial charge is 0.325 e. The molecule has 21 heavy (non-hydrogen) atoms. The molecule has 0 aliphatic heterocycles. The Balaban J connectivity index is 2.03. The van der Waals surface area contributed by atoms with E-state index in [0.717, 1.165) is 10.3 Å². The minimum absolute atomic E-state index is 0.0154. The Morgan fingerprint density at radius 1 is 1.19 bits per heavy atom. The maximum Gasteiger partial charge on any atom is 0.225 e. The summed E-state index contributed by atoms with van der Waals surface area (Å²) in [5, 5.41) is 2.90. The van der Waals surface area contributed by atoms with Crippen LogP contribution in [0.5, 0.6) is 0 Å². The number of rotatable bonds is 5. The molecule has 0 aliphatic rings. The van der Waals surface area contributed by atoms with Gasteiger partial charge in [0, 0.05) is 6.42 Å². The lowest BCUT2D eigenvalue weighted by molar-refractivity contribution is -0.116. The van der Waals surface area contributed by atoms with Gasteiger partial charge >= 0.3 is 0 Å². The van der Waals surface area contributed by atoms with Crippen LogP contribution in [0.2, 0.25) is 0 Å². The molecular weight excluding hydrogens is 328 g/mol. The highest BCUT2D eigenvalue weighted by molar-refractivity contribution is 9.10. The van der Waals surface area contributed by atoms with Crippen LogP contribution in [0.3, 0.4) is 0 Å². The van der Waals surface area contributed by atoms with E-state index in [2.05, 4.69) is 52.2 Å². The number of nitrogens with one attached hydrogen (secondary N) is 1. The summed E-state index contributed by atoms with van der Waals surface area (Å²) < 4.78 is 0.754. The lowest BCUT2D eigenvalue weighted by atomic mass is 9.85. The molecule has 0 bridgehead atoms. The Bertz CT molecular complexity index is 581. The van der Waals surface area contributed by atoms with Gasteiger partial charge in [-0.05, 0) is 45.5 Å². The van der Waals surface area contributed by atoms with Gasteiger partial charge in [-0.3, -0.25) is 4.79 Å². The number of benzene rings is 1. The first-order chi connectivity index (χ1) is 10.1. The molecule has 0 fully saturated rings. The molecule has 1 unspecified atom stereocenters. The molecule has 1 amide bonds. The molecule has 1 N–H and O–H groups in total. The van der Waals surface area contributed by atoms with E-state index in [4.69, 9.17) is 0 Å². The number of pyridine rings is 1. The molecule has 0 spiro atoms. The number of carbonyl (C=O) groups is 1. The number of hydrogen-bond acceptors (Lipinski definition) is 2. The van der Waals surface area contributed by atoms with Crippen molar-refractivity contribution in [2.45, 2.75) is 26.2 Å². The van der Waals surface area contributed by atoms with Crippen LogP contribution in [0.25, 0.3) is 0 Å². The first-order valence-corrected chi connectivity index (χ1v) is 7.82. The third-order valence-corrected chi connectivity index (χ3v) is 3.92. The second kappa shape index (κ2) is 7.36. The van der Waals surface area contributed by atoms with Gasteiger partial charge in [-0.2, -0.15) is 0 Å². The maximum absolute atomic E-state index is 12.2. The summed E-state index contributed by atoms with van der Waals surface area (Å²) in [7, 11) is 0.